The maximum Gasteiger partial charge on any atom is 0.252 e. The van der Waals surface area contributed by atoms with Crippen LogP contribution < -0.4 is 14.8 Å². The molecule has 3 aliphatic rings. The number of aliphatic hydroxyl groups excluding tert-OH is 4. The highest BCUT2D eigenvalue weighted by molar-refractivity contribution is 5.98. The maximum absolute atomic E-state index is 12.2. The normalized spacial score (nSPS) is 39.0. The number of fused-ring (bicyclic) bond motifs is 4. The lowest BCUT2D eigenvalue weighted by molar-refractivity contribution is -0.155. The highest BCUT2D eigenvalue weighted by atomic mass is 16.7. The molecule has 2 aliphatic heterocycles. The fourth-order valence-corrected chi connectivity index (χ4v) is 3.47. The fraction of sp³-hybridized carbons (Fsp3) is 0.500. The first-order valence-corrected chi connectivity index (χ1v) is 6.95. The van der Waals surface area contributed by atoms with Gasteiger partial charge in [0, 0.05) is 11.5 Å². The van der Waals surface area contributed by atoms with Crippen LogP contribution >= 0.6 is 0 Å². The Labute approximate surface area is 124 Å². The number of ether oxygens (including phenoxy) is 2. The van der Waals surface area contributed by atoms with E-state index in [1.165, 1.54) is 6.07 Å². The Balaban J connectivity index is 1.86. The quantitative estimate of drug-likeness (QED) is 0.377. The Kier molecular flexibility index (Phi) is 2.85. The zero-order valence-electron chi connectivity index (χ0n) is 11.3. The Hall–Kier alpha value is -1.87. The predicted octanol–water partition coefficient (Wildman–Crippen LogP) is -1.93. The van der Waals surface area contributed by atoms with Crippen molar-refractivity contribution in [2.75, 3.05) is 6.79 Å². The maximum atomic E-state index is 12.2. The molecule has 118 valence electrons. The largest absolute Gasteiger partial charge is 0.454 e. The summed E-state index contributed by atoms with van der Waals surface area (Å²) < 4.78 is 10.5. The van der Waals surface area contributed by atoms with Crippen LogP contribution in [0, 0.1) is 0 Å². The van der Waals surface area contributed by atoms with Gasteiger partial charge in [-0.3, -0.25) is 4.79 Å². The third-order valence-electron chi connectivity index (χ3n) is 4.62. The first-order chi connectivity index (χ1) is 10.5. The van der Waals surface area contributed by atoms with Crippen molar-refractivity contribution >= 4 is 5.91 Å². The van der Waals surface area contributed by atoms with Gasteiger partial charge >= 0.3 is 0 Å². The Bertz CT molecular complexity index is 648. The predicted molar refractivity (Wildman–Crippen MR) is 70.6 cm³/mol. The number of aliphatic hydroxyl groups is 4. The molecule has 4 rings (SSSR count). The summed E-state index contributed by atoms with van der Waals surface area (Å²) in [6, 6.07) is 2.20. The molecule has 8 nitrogen and oxygen atoms in total. The van der Waals surface area contributed by atoms with Crippen LogP contribution in [0.4, 0.5) is 0 Å². The summed E-state index contributed by atoms with van der Waals surface area (Å²) in [6.07, 6.45) is -5.76. The molecule has 0 saturated heterocycles. The van der Waals surface area contributed by atoms with E-state index in [1.807, 2.05) is 0 Å². The fourth-order valence-electron chi connectivity index (χ4n) is 3.47. The second-order valence-corrected chi connectivity index (χ2v) is 5.78. The standard InChI is InChI=1S/C14H15NO7/c16-10-8-4-1-6-7(22-3-21-6)2-5(4)14(20)15-9(8)11(17)13(19)12(10)18/h1-2,8-13,16-19H,3H2,(H,15,20)/t8-,9+,10+,11-,12-,13-/m0/s1. The number of amides is 1. The van der Waals surface area contributed by atoms with Crippen LogP contribution in [0.15, 0.2) is 12.1 Å². The van der Waals surface area contributed by atoms with Crippen LogP contribution in [0.5, 0.6) is 11.5 Å². The lowest BCUT2D eigenvalue weighted by atomic mass is 9.70. The van der Waals surface area contributed by atoms with Crippen molar-refractivity contribution in [1.29, 1.82) is 0 Å². The van der Waals surface area contributed by atoms with Crippen molar-refractivity contribution in [3.63, 3.8) is 0 Å². The van der Waals surface area contributed by atoms with Crippen molar-refractivity contribution < 1.29 is 34.7 Å². The van der Waals surface area contributed by atoms with Crippen molar-refractivity contribution in [3.8, 4) is 11.5 Å². The van der Waals surface area contributed by atoms with Gasteiger partial charge in [0.25, 0.3) is 5.91 Å². The van der Waals surface area contributed by atoms with Gasteiger partial charge in [0.1, 0.15) is 18.3 Å². The summed E-state index contributed by atoms with van der Waals surface area (Å²) in [5.41, 5.74) is 0.746. The van der Waals surface area contributed by atoms with Gasteiger partial charge in [-0.25, -0.2) is 0 Å². The molecule has 0 aromatic heterocycles. The van der Waals surface area contributed by atoms with Crippen molar-refractivity contribution in [1.82, 2.24) is 5.32 Å². The van der Waals surface area contributed by atoms with Gasteiger partial charge in [0.15, 0.2) is 11.5 Å². The highest BCUT2D eigenvalue weighted by Gasteiger charge is 2.52. The van der Waals surface area contributed by atoms with Crippen LogP contribution in [0.1, 0.15) is 21.8 Å². The molecule has 6 atom stereocenters. The van der Waals surface area contributed by atoms with Gasteiger partial charge < -0.3 is 35.2 Å². The molecule has 0 bridgehead atoms. The molecule has 1 aromatic carbocycles. The monoisotopic (exact) mass is 309 g/mol. The number of rotatable bonds is 0. The third kappa shape index (κ3) is 1.69. The molecule has 2 heterocycles. The van der Waals surface area contributed by atoms with Gasteiger partial charge in [-0.1, -0.05) is 0 Å². The summed E-state index contributed by atoms with van der Waals surface area (Å²) in [7, 11) is 0. The molecule has 0 spiro atoms. The first-order valence-electron chi connectivity index (χ1n) is 6.95. The lowest BCUT2D eigenvalue weighted by Gasteiger charge is -2.47. The Morgan fingerprint density at radius 3 is 2.32 bits per heavy atom. The van der Waals surface area contributed by atoms with Crippen LogP contribution in [0.2, 0.25) is 0 Å². The number of carbonyl (C=O) groups is 1. The van der Waals surface area contributed by atoms with Gasteiger partial charge in [-0.2, -0.15) is 0 Å². The van der Waals surface area contributed by atoms with E-state index in [9.17, 15) is 25.2 Å². The number of benzene rings is 1. The number of nitrogens with one attached hydrogen (secondary N) is 1. The zero-order valence-corrected chi connectivity index (χ0v) is 11.3. The van der Waals surface area contributed by atoms with Crippen molar-refractivity contribution in [3.05, 3.63) is 23.3 Å². The lowest BCUT2D eigenvalue weighted by Crippen LogP contribution is -2.66. The van der Waals surface area contributed by atoms with Crippen LogP contribution in [-0.2, 0) is 0 Å². The van der Waals surface area contributed by atoms with Crippen LogP contribution in [0.3, 0.4) is 0 Å². The molecule has 0 unspecified atom stereocenters. The molecule has 5 N–H and O–H groups in total. The zero-order chi connectivity index (χ0) is 15.6. The van der Waals surface area contributed by atoms with E-state index in [0.29, 0.717) is 22.6 Å². The Morgan fingerprint density at radius 2 is 1.59 bits per heavy atom. The Morgan fingerprint density at radius 1 is 0.955 bits per heavy atom. The van der Waals surface area contributed by atoms with Gasteiger partial charge in [-0.05, 0) is 17.7 Å². The minimum absolute atomic E-state index is 0.0421. The molecule has 1 saturated carbocycles. The van der Waals surface area contributed by atoms with E-state index >= 15 is 0 Å². The van der Waals surface area contributed by atoms with Gasteiger partial charge in [-0.15, -0.1) is 0 Å². The van der Waals surface area contributed by atoms with E-state index in [2.05, 4.69) is 5.32 Å². The molecule has 8 heteroatoms. The molecule has 1 aromatic rings. The molecule has 22 heavy (non-hydrogen) atoms. The van der Waals surface area contributed by atoms with Crippen molar-refractivity contribution in [2.24, 2.45) is 0 Å². The van der Waals surface area contributed by atoms with Crippen molar-refractivity contribution in [2.45, 2.75) is 36.4 Å². The molecule has 0 radical (unpaired) electrons. The number of hydrogen-bond donors (Lipinski definition) is 5. The summed E-state index contributed by atoms with van der Waals surface area (Å²) in [5, 5.41) is 42.7. The third-order valence-corrected chi connectivity index (χ3v) is 4.62. The summed E-state index contributed by atoms with van der Waals surface area (Å²) >= 11 is 0. The highest BCUT2D eigenvalue weighted by Crippen LogP contribution is 2.44. The average molecular weight is 309 g/mol. The molecular formula is C14H15NO7. The SMILES string of the molecule is O=C1N[C@H]2[C@H](O)[C@H](O)[C@@H](O)[C@H](O)[C@H]2c2cc3c(cc21)OCO3. The molecule has 1 aliphatic carbocycles. The van der Waals surface area contributed by atoms with E-state index in [4.69, 9.17) is 9.47 Å². The van der Waals surface area contributed by atoms with E-state index in [1.54, 1.807) is 6.07 Å². The van der Waals surface area contributed by atoms with E-state index in [-0.39, 0.29) is 6.79 Å². The molecular weight excluding hydrogens is 294 g/mol. The molecule has 1 fully saturated rings. The number of carbonyl (C=O) groups excluding carboxylic acids is 1. The topological polar surface area (TPSA) is 128 Å². The summed E-state index contributed by atoms with van der Waals surface area (Å²) in [6.45, 7) is 0.0421. The van der Waals surface area contributed by atoms with Crippen LogP contribution in [0.25, 0.3) is 0 Å². The van der Waals surface area contributed by atoms with E-state index < -0.39 is 42.3 Å². The second kappa shape index (κ2) is 4.56. The smallest absolute Gasteiger partial charge is 0.252 e. The van der Waals surface area contributed by atoms with Crippen LogP contribution in [-0.4, -0.2) is 63.6 Å². The van der Waals surface area contributed by atoms with E-state index in [0.717, 1.165) is 0 Å². The number of hydrogen-bond acceptors (Lipinski definition) is 7. The van der Waals surface area contributed by atoms with Gasteiger partial charge in [0.05, 0.1) is 12.1 Å². The minimum Gasteiger partial charge on any atom is -0.454 e. The molecule has 1 amide bonds. The minimum atomic E-state index is -1.54. The summed E-state index contributed by atoms with van der Waals surface area (Å²) in [4.78, 5) is 12.2. The average Bonchev–Trinajstić information content (AvgIpc) is 2.96. The second-order valence-electron chi connectivity index (χ2n) is 5.78. The first kappa shape index (κ1) is 13.8. The summed E-state index contributed by atoms with van der Waals surface area (Å²) in [5.74, 6) is -0.326. The van der Waals surface area contributed by atoms with Gasteiger partial charge in [0.2, 0.25) is 6.79 Å².